The van der Waals surface area contributed by atoms with Crippen LogP contribution in [0.15, 0.2) is 35.8 Å². The van der Waals surface area contributed by atoms with Crippen molar-refractivity contribution in [2.24, 2.45) is 0 Å². The molecule has 3 rings (SSSR count). The van der Waals surface area contributed by atoms with Crippen molar-refractivity contribution in [3.8, 4) is 0 Å². The Morgan fingerprint density at radius 2 is 1.96 bits per heavy atom. The van der Waals surface area contributed by atoms with Gasteiger partial charge >= 0.3 is 0 Å². The van der Waals surface area contributed by atoms with Crippen LogP contribution < -0.4 is 9.62 Å². The van der Waals surface area contributed by atoms with E-state index in [0.717, 1.165) is 36.6 Å². The highest BCUT2D eigenvalue weighted by atomic mass is 35.5. The highest BCUT2D eigenvalue weighted by Crippen LogP contribution is 2.22. The minimum absolute atomic E-state index is 0.0106. The summed E-state index contributed by atoms with van der Waals surface area (Å²) in [7, 11) is -3.34. The average Bonchev–Trinajstić information content (AvgIpc) is 3.04. The number of rotatable bonds is 5. The first-order chi connectivity index (χ1) is 11.0. The molecule has 1 saturated heterocycles. The summed E-state index contributed by atoms with van der Waals surface area (Å²) in [5, 5.41) is 3.57. The van der Waals surface area contributed by atoms with E-state index in [1.54, 1.807) is 41.8 Å². The number of nitrogens with one attached hydrogen (secondary N) is 1. The number of hydrogen-bond acceptors (Lipinski definition) is 5. The lowest BCUT2D eigenvalue weighted by molar-refractivity contribution is 0.459. The number of thiazole rings is 1. The van der Waals surface area contributed by atoms with Crippen LogP contribution in [-0.4, -0.2) is 32.5 Å². The van der Waals surface area contributed by atoms with E-state index in [4.69, 9.17) is 11.6 Å². The SMILES string of the molecule is O=S(=O)(Cc1ccc(Cl)cc1)NC1CCN(c2nccs2)CC1. The highest BCUT2D eigenvalue weighted by molar-refractivity contribution is 7.88. The Bertz CT molecular complexity index is 725. The topological polar surface area (TPSA) is 62.3 Å². The Balaban J connectivity index is 1.54. The van der Waals surface area contributed by atoms with E-state index in [1.807, 2.05) is 5.38 Å². The molecule has 1 aromatic heterocycles. The van der Waals surface area contributed by atoms with Crippen LogP contribution in [0.25, 0.3) is 0 Å². The van der Waals surface area contributed by atoms with E-state index in [0.29, 0.717) is 5.02 Å². The number of anilines is 1. The van der Waals surface area contributed by atoms with Crippen molar-refractivity contribution < 1.29 is 8.42 Å². The van der Waals surface area contributed by atoms with Crippen LogP contribution in [0.5, 0.6) is 0 Å². The normalized spacial score (nSPS) is 16.7. The van der Waals surface area contributed by atoms with Crippen molar-refractivity contribution in [1.82, 2.24) is 9.71 Å². The van der Waals surface area contributed by atoms with Gasteiger partial charge in [-0.1, -0.05) is 23.7 Å². The molecule has 2 heterocycles. The molecule has 0 atom stereocenters. The summed E-state index contributed by atoms with van der Waals surface area (Å²) >= 11 is 7.43. The Kier molecular flexibility index (Phi) is 5.21. The molecule has 124 valence electrons. The van der Waals surface area contributed by atoms with E-state index in [1.165, 1.54) is 0 Å². The van der Waals surface area contributed by atoms with Gasteiger partial charge in [-0.2, -0.15) is 0 Å². The van der Waals surface area contributed by atoms with Crippen molar-refractivity contribution in [2.75, 3.05) is 18.0 Å². The van der Waals surface area contributed by atoms with Gasteiger partial charge in [-0.05, 0) is 30.5 Å². The summed E-state index contributed by atoms with van der Waals surface area (Å²) in [6.07, 6.45) is 3.37. The molecule has 1 fully saturated rings. The molecule has 0 unspecified atom stereocenters. The fourth-order valence-corrected chi connectivity index (χ4v) is 4.94. The van der Waals surface area contributed by atoms with Gasteiger partial charge in [0.25, 0.3) is 0 Å². The predicted octanol–water partition coefficient (Wildman–Crippen LogP) is 2.88. The Hall–Kier alpha value is -1.15. The van der Waals surface area contributed by atoms with E-state index in [-0.39, 0.29) is 11.8 Å². The van der Waals surface area contributed by atoms with Gasteiger partial charge in [0.15, 0.2) is 5.13 Å². The van der Waals surface area contributed by atoms with Crippen LogP contribution in [0.2, 0.25) is 5.02 Å². The van der Waals surface area contributed by atoms with Gasteiger partial charge in [-0.25, -0.2) is 18.1 Å². The quantitative estimate of drug-likeness (QED) is 0.877. The molecule has 2 aromatic rings. The molecular weight excluding hydrogens is 354 g/mol. The fourth-order valence-electron chi connectivity index (χ4n) is 2.66. The number of piperidine rings is 1. The largest absolute Gasteiger partial charge is 0.348 e. The van der Waals surface area contributed by atoms with E-state index >= 15 is 0 Å². The molecule has 23 heavy (non-hydrogen) atoms. The summed E-state index contributed by atoms with van der Waals surface area (Å²) in [5.41, 5.74) is 0.738. The Morgan fingerprint density at radius 1 is 1.26 bits per heavy atom. The van der Waals surface area contributed by atoms with Gasteiger partial charge in [-0.15, -0.1) is 11.3 Å². The summed E-state index contributed by atoms with van der Waals surface area (Å²) in [6, 6.07) is 6.89. The molecule has 1 N–H and O–H groups in total. The fraction of sp³-hybridized carbons (Fsp3) is 0.400. The molecule has 0 radical (unpaired) electrons. The second-order valence-electron chi connectivity index (χ2n) is 5.58. The first-order valence-electron chi connectivity index (χ1n) is 7.41. The van der Waals surface area contributed by atoms with Crippen molar-refractivity contribution in [3.05, 3.63) is 46.4 Å². The molecule has 8 heteroatoms. The Morgan fingerprint density at radius 3 is 2.57 bits per heavy atom. The van der Waals surface area contributed by atoms with Crippen molar-refractivity contribution >= 4 is 38.1 Å². The maximum Gasteiger partial charge on any atom is 0.216 e. The zero-order chi connectivity index (χ0) is 16.3. The third-order valence-electron chi connectivity index (χ3n) is 3.80. The maximum atomic E-state index is 12.3. The predicted molar refractivity (Wildman–Crippen MR) is 94.6 cm³/mol. The minimum Gasteiger partial charge on any atom is -0.348 e. The molecular formula is C15H18ClN3O2S2. The van der Waals surface area contributed by atoms with Crippen LogP contribution in [-0.2, 0) is 15.8 Å². The van der Waals surface area contributed by atoms with Crippen LogP contribution >= 0.6 is 22.9 Å². The number of hydrogen-bond donors (Lipinski definition) is 1. The summed E-state index contributed by atoms with van der Waals surface area (Å²) in [6.45, 7) is 1.64. The van der Waals surface area contributed by atoms with Crippen molar-refractivity contribution in [2.45, 2.75) is 24.6 Å². The lowest BCUT2D eigenvalue weighted by atomic mass is 10.1. The van der Waals surface area contributed by atoms with Gasteiger partial charge in [0.1, 0.15) is 0 Å². The van der Waals surface area contributed by atoms with Gasteiger partial charge in [0.2, 0.25) is 10.0 Å². The number of sulfonamides is 1. The first-order valence-corrected chi connectivity index (χ1v) is 10.3. The minimum atomic E-state index is -3.34. The summed E-state index contributed by atoms with van der Waals surface area (Å²) in [4.78, 5) is 6.50. The van der Waals surface area contributed by atoms with Crippen LogP contribution in [0.1, 0.15) is 18.4 Å². The first kappa shape index (κ1) is 16.7. The van der Waals surface area contributed by atoms with Gasteiger partial charge in [-0.3, -0.25) is 0 Å². The summed E-state index contributed by atoms with van der Waals surface area (Å²) in [5.74, 6) is -0.0170. The second kappa shape index (κ2) is 7.17. The molecule has 1 aromatic carbocycles. The third kappa shape index (κ3) is 4.67. The Labute approximate surface area is 145 Å². The monoisotopic (exact) mass is 371 g/mol. The third-order valence-corrected chi connectivity index (χ3v) is 6.29. The van der Waals surface area contributed by atoms with Gasteiger partial charge in [0, 0.05) is 35.7 Å². The molecule has 0 amide bonds. The smallest absolute Gasteiger partial charge is 0.216 e. The zero-order valence-electron chi connectivity index (χ0n) is 12.5. The van der Waals surface area contributed by atoms with E-state index in [9.17, 15) is 8.42 Å². The highest BCUT2D eigenvalue weighted by Gasteiger charge is 2.24. The standard InChI is InChI=1S/C15H18ClN3O2S2/c16-13-3-1-12(2-4-13)11-23(20,21)18-14-5-8-19(9-6-14)15-17-7-10-22-15/h1-4,7,10,14,18H,5-6,8-9,11H2. The molecule has 0 saturated carbocycles. The van der Waals surface area contributed by atoms with E-state index in [2.05, 4.69) is 14.6 Å². The zero-order valence-corrected chi connectivity index (χ0v) is 14.9. The maximum absolute atomic E-state index is 12.3. The van der Waals surface area contributed by atoms with Gasteiger partial charge < -0.3 is 4.90 Å². The van der Waals surface area contributed by atoms with Crippen LogP contribution in [0.4, 0.5) is 5.13 Å². The molecule has 1 aliphatic heterocycles. The van der Waals surface area contributed by atoms with Crippen molar-refractivity contribution in [3.63, 3.8) is 0 Å². The van der Waals surface area contributed by atoms with E-state index < -0.39 is 10.0 Å². The number of nitrogens with zero attached hydrogens (tertiary/aromatic N) is 2. The summed E-state index contributed by atoms with van der Waals surface area (Å²) < 4.78 is 27.4. The lowest BCUT2D eigenvalue weighted by Crippen LogP contribution is -2.44. The molecule has 0 aliphatic carbocycles. The van der Waals surface area contributed by atoms with Crippen LogP contribution in [0.3, 0.4) is 0 Å². The number of benzene rings is 1. The number of halogens is 1. The molecule has 0 spiro atoms. The number of aromatic nitrogens is 1. The molecule has 0 bridgehead atoms. The lowest BCUT2D eigenvalue weighted by Gasteiger charge is -2.31. The van der Waals surface area contributed by atoms with Crippen molar-refractivity contribution in [1.29, 1.82) is 0 Å². The van der Waals surface area contributed by atoms with Crippen LogP contribution in [0, 0.1) is 0 Å². The molecule has 5 nitrogen and oxygen atoms in total. The van der Waals surface area contributed by atoms with Gasteiger partial charge in [0.05, 0.1) is 5.75 Å². The molecule has 1 aliphatic rings. The second-order valence-corrected chi connectivity index (χ2v) is 8.64. The average molecular weight is 372 g/mol.